The molecule has 3 N–H and O–H groups in total. The highest BCUT2D eigenvalue weighted by Gasteiger charge is 2.30. The fraction of sp³-hybridized carbons (Fsp3) is 0.217. The number of anilines is 1. The van der Waals surface area contributed by atoms with E-state index in [0.29, 0.717) is 6.54 Å². The molecule has 0 aliphatic carbocycles. The van der Waals surface area contributed by atoms with E-state index in [1.54, 1.807) is 6.20 Å². The van der Waals surface area contributed by atoms with Crippen LogP contribution in [-0.4, -0.2) is 22.6 Å². The van der Waals surface area contributed by atoms with Gasteiger partial charge in [-0.1, -0.05) is 42.5 Å². The molecule has 0 spiro atoms. The molecule has 0 fully saturated rings. The van der Waals surface area contributed by atoms with E-state index in [2.05, 4.69) is 21.4 Å². The Morgan fingerprint density at radius 2 is 1.81 bits per heavy atom. The van der Waals surface area contributed by atoms with Gasteiger partial charge in [-0.05, 0) is 46.7 Å². The lowest BCUT2D eigenvalue weighted by atomic mass is 9.93. The van der Waals surface area contributed by atoms with Gasteiger partial charge in [0.25, 0.3) is 0 Å². The summed E-state index contributed by atoms with van der Waals surface area (Å²) in [4.78, 5) is 9.59. The predicted molar refractivity (Wildman–Crippen MR) is 119 cm³/mol. The van der Waals surface area contributed by atoms with Crippen LogP contribution in [-0.2, 0) is 6.18 Å². The lowest BCUT2D eigenvalue weighted by Crippen LogP contribution is -2.34. The number of benzene rings is 2. The number of halogens is 3. The fourth-order valence-electron chi connectivity index (χ4n) is 3.33. The van der Waals surface area contributed by atoms with Gasteiger partial charge in [-0.15, -0.1) is 0 Å². The highest BCUT2D eigenvalue weighted by atomic mass is 32.1. The average molecular weight is 443 g/mol. The van der Waals surface area contributed by atoms with Gasteiger partial charge in [0.15, 0.2) is 5.13 Å². The summed E-state index contributed by atoms with van der Waals surface area (Å²) in [6, 6.07) is 13.0. The summed E-state index contributed by atoms with van der Waals surface area (Å²) in [5.41, 5.74) is 7.48. The summed E-state index contributed by atoms with van der Waals surface area (Å²) in [5.74, 6) is -0.108. The molecule has 2 aromatic heterocycles. The van der Waals surface area contributed by atoms with Gasteiger partial charge in [-0.25, -0.2) is 4.98 Å². The number of nitrogens with one attached hydrogen (secondary N) is 1. The molecule has 4 nitrogen and oxygen atoms in total. The monoisotopic (exact) mass is 442 g/mol. The maximum atomic E-state index is 12.7. The molecular weight excluding hydrogens is 421 g/mol. The molecule has 0 saturated carbocycles. The third-order valence-corrected chi connectivity index (χ3v) is 6.33. The zero-order chi connectivity index (χ0) is 22.0. The highest BCUT2D eigenvalue weighted by molar-refractivity contribution is 7.18. The van der Waals surface area contributed by atoms with E-state index >= 15 is 0 Å². The third kappa shape index (κ3) is 4.86. The van der Waals surface area contributed by atoms with Crippen LogP contribution in [0, 0.1) is 0 Å². The van der Waals surface area contributed by atoms with E-state index in [1.807, 2.05) is 37.5 Å². The van der Waals surface area contributed by atoms with Gasteiger partial charge in [0.1, 0.15) is 0 Å². The second-order valence-electron chi connectivity index (χ2n) is 7.42. The topological polar surface area (TPSA) is 63.8 Å². The molecule has 0 radical (unpaired) electrons. The minimum atomic E-state index is -4.34. The number of hydrogen-bond donors (Lipinski definition) is 2. The fourth-order valence-corrected chi connectivity index (χ4v) is 4.15. The first-order valence-corrected chi connectivity index (χ1v) is 10.6. The Hall–Kier alpha value is -2.97. The molecule has 4 aromatic rings. The van der Waals surface area contributed by atoms with Gasteiger partial charge in [-0.2, -0.15) is 13.2 Å². The van der Waals surface area contributed by atoms with Crippen LogP contribution in [0.3, 0.4) is 0 Å². The number of hydrogen-bond acceptors (Lipinski definition) is 5. The van der Waals surface area contributed by atoms with Crippen molar-refractivity contribution < 1.29 is 13.2 Å². The van der Waals surface area contributed by atoms with Gasteiger partial charge in [-0.3, -0.25) is 4.98 Å². The number of nitrogens with zero attached hydrogens (tertiary/aromatic N) is 2. The van der Waals surface area contributed by atoms with Gasteiger partial charge in [0, 0.05) is 36.6 Å². The van der Waals surface area contributed by atoms with Crippen molar-refractivity contribution in [3.05, 3.63) is 78.2 Å². The molecular formula is C23H21F3N4S. The van der Waals surface area contributed by atoms with Crippen LogP contribution in [0.5, 0.6) is 0 Å². The van der Waals surface area contributed by atoms with E-state index in [9.17, 15) is 13.2 Å². The van der Waals surface area contributed by atoms with E-state index in [0.717, 1.165) is 44.0 Å². The van der Waals surface area contributed by atoms with Crippen molar-refractivity contribution in [2.45, 2.75) is 25.1 Å². The molecule has 160 valence electrons. The normalized spacial score (nSPS) is 13.8. The average Bonchev–Trinajstić information content (AvgIpc) is 3.25. The molecule has 4 rings (SSSR count). The number of aromatic nitrogens is 2. The largest absolute Gasteiger partial charge is 0.416 e. The summed E-state index contributed by atoms with van der Waals surface area (Å²) in [6.45, 7) is 2.37. The Labute approximate surface area is 182 Å². The molecule has 2 heterocycles. The molecule has 31 heavy (non-hydrogen) atoms. The highest BCUT2D eigenvalue weighted by Crippen LogP contribution is 2.32. The molecule has 0 bridgehead atoms. The lowest BCUT2D eigenvalue weighted by Gasteiger charge is -2.21. The molecule has 0 aliphatic rings. The predicted octanol–water partition coefficient (Wildman–Crippen LogP) is 5.92. The zero-order valence-electron chi connectivity index (χ0n) is 16.7. The van der Waals surface area contributed by atoms with Gasteiger partial charge >= 0.3 is 6.18 Å². The maximum Gasteiger partial charge on any atom is 0.416 e. The van der Waals surface area contributed by atoms with Crippen LogP contribution in [0.15, 0.2) is 67.1 Å². The molecule has 2 aromatic carbocycles. The Bertz CT molecular complexity index is 1170. The minimum absolute atomic E-state index is 0.108. The smallest absolute Gasteiger partial charge is 0.360 e. The Kier molecular flexibility index (Phi) is 5.93. The van der Waals surface area contributed by atoms with Crippen LogP contribution < -0.4 is 11.1 Å². The second kappa shape index (κ2) is 8.64. The summed E-state index contributed by atoms with van der Waals surface area (Å²) >= 11 is 1.53. The number of nitrogens with two attached hydrogens (primary N) is 1. The summed E-state index contributed by atoms with van der Waals surface area (Å²) in [7, 11) is 0. The number of pyridine rings is 1. The van der Waals surface area contributed by atoms with Crippen molar-refractivity contribution in [3.8, 4) is 10.4 Å². The SMILES string of the molecule is CC(c1ccc(C(F)(F)F)cc1)C(N)CNc1ncc(-c2ccc3cnccc3c2)s1. The molecule has 0 saturated heterocycles. The first kappa shape index (κ1) is 21.3. The summed E-state index contributed by atoms with van der Waals surface area (Å²) < 4.78 is 38.2. The van der Waals surface area contributed by atoms with E-state index in [-0.39, 0.29) is 12.0 Å². The minimum Gasteiger partial charge on any atom is -0.360 e. The Morgan fingerprint density at radius 1 is 1.03 bits per heavy atom. The molecule has 2 unspecified atom stereocenters. The van der Waals surface area contributed by atoms with Crippen LogP contribution in [0.2, 0.25) is 0 Å². The first-order chi connectivity index (χ1) is 14.8. The van der Waals surface area contributed by atoms with Crippen molar-refractivity contribution in [2.24, 2.45) is 5.73 Å². The number of fused-ring (bicyclic) bond motifs is 1. The second-order valence-corrected chi connectivity index (χ2v) is 8.45. The number of alkyl halides is 3. The molecule has 2 atom stereocenters. The quantitative estimate of drug-likeness (QED) is 0.389. The maximum absolute atomic E-state index is 12.7. The number of rotatable bonds is 6. The van der Waals surface area contributed by atoms with Gasteiger partial charge in [0.2, 0.25) is 0 Å². The molecule has 8 heteroatoms. The van der Waals surface area contributed by atoms with Gasteiger partial charge in [0.05, 0.1) is 10.4 Å². The Balaban J connectivity index is 1.39. The standard InChI is InChI=1S/C23H21F3N4S/c1-14(15-4-6-19(7-5-15)23(24,25)26)20(27)12-29-22-30-13-21(31-22)17-2-3-18-11-28-9-8-16(18)10-17/h2-11,13-14,20H,12,27H2,1H3,(H,29,30). The molecule has 0 aliphatic heterocycles. The first-order valence-electron chi connectivity index (χ1n) is 9.78. The van der Waals surface area contributed by atoms with E-state index < -0.39 is 11.7 Å². The van der Waals surface area contributed by atoms with E-state index in [4.69, 9.17) is 5.73 Å². The van der Waals surface area contributed by atoms with Crippen LogP contribution >= 0.6 is 11.3 Å². The summed E-state index contributed by atoms with van der Waals surface area (Å²) in [6.07, 6.45) is 1.08. The van der Waals surface area contributed by atoms with Gasteiger partial charge < -0.3 is 11.1 Å². The van der Waals surface area contributed by atoms with Crippen LogP contribution in [0.4, 0.5) is 18.3 Å². The van der Waals surface area contributed by atoms with Crippen molar-refractivity contribution in [3.63, 3.8) is 0 Å². The zero-order valence-corrected chi connectivity index (χ0v) is 17.5. The Morgan fingerprint density at radius 3 is 2.55 bits per heavy atom. The van der Waals surface area contributed by atoms with E-state index in [1.165, 1.54) is 23.5 Å². The number of thiazole rings is 1. The lowest BCUT2D eigenvalue weighted by molar-refractivity contribution is -0.137. The van der Waals surface area contributed by atoms with Crippen LogP contribution in [0.1, 0.15) is 24.0 Å². The molecule has 0 amide bonds. The van der Waals surface area contributed by atoms with Crippen LogP contribution in [0.25, 0.3) is 21.2 Å². The van der Waals surface area contributed by atoms with Crippen molar-refractivity contribution >= 4 is 27.2 Å². The van der Waals surface area contributed by atoms with Crippen molar-refractivity contribution in [1.82, 2.24) is 9.97 Å². The van der Waals surface area contributed by atoms with Crippen molar-refractivity contribution in [1.29, 1.82) is 0 Å². The third-order valence-electron chi connectivity index (χ3n) is 5.33. The summed E-state index contributed by atoms with van der Waals surface area (Å²) in [5, 5.41) is 6.19. The van der Waals surface area contributed by atoms with Crippen molar-refractivity contribution in [2.75, 3.05) is 11.9 Å².